The van der Waals surface area contributed by atoms with E-state index in [0.29, 0.717) is 12.2 Å². The van der Waals surface area contributed by atoms with E-state index in [0.717, 1.165) is 17.7 Å². The zero-order valence-electron chi connectivity index (χ0n) is 11.3. The van der Waals surface area contributed by atoms with Gasteiger partial charge in [-0.3, -0.25) is 9.52 Å². The number of carbonyl (C=O) groups is 1. The summed E-state index contributed by atoms with van der Waals surface area (Å²) in [5.41, 5.74) is 2.37. The van der Waals surface area contributed by atoms with Crippen molar-refractivity contribution in [1.82, 2.24) is 0 Å². The van der Waals surface area contributed by atoms with Crippen LogP contribution in [0.2, 0.25) is 0 Å². The summed E-state index contributed by atoms with van der Waals surface area (Å²) in [6.07, 6.45) is 0.812. The Morgan fingerprint density at radius 3 is 2.63 bits per heavy atom. The maximum Gasteiger partial charge on any atom is 0.235 e. The monoisotopic (exact) mass is 282 g/mol. The minimum absolute atomic E-state index is 0.0254. The highest BCUT2D eigenvalue weighted by atomic mass is 32.2. The first-order chi connectivity index (χ1) is 8.81. The molecule has 1 heterocycles. The zero-order chi connectivity index (χ0) is 14.2. The summed E-state index contributed by atoms with van der Waals surface area (Å²) in [5, 5.41) is -0.496. The second kappa shape index (κ2) is 4.85. The third kappa shape index (κ3) is 2.73. The zero-order valence-corrected chi connectivity index (χ0v) is 12.1. The van der Waals surface area contributed by atoms with Gasteiger partial charge in [0.15, 0.2) is 0 Å². The van der Waals surface area contributed by atoms with Crippen LogP contribution in [0.1, 0.15) is 26.3 Å². The van der Waals surface area contributed by atoms with Gasteiger partial charge >= 0.3 is 0 Å². The number of nitrogens with one attached hydrogen (secondary N) is 1. The van der Waals surface area contributed by atoms with Crippen LogP contribution in [0.3, 0.4) is 0 Å². The first-order valence-corrected chi connectivity index (χ1v) is 7.78. The van der Waals surface area contributed by atoms with Crippen LogP contribution in [0.15, 0.2) is 18.2 Å². The lowest BCUT2D eigenvalue weighted by Gasteiger charge is -2.16. The molecule has 0 radical (unpaired) electrons. The molecule has 104 valence electrons. The largest absolute Gasteiger partial charge is 0.312 e. The number of amides is 1. The summed E-state index contributed by atoms with van der Waals surface area (Å²) in [4.78, 5) is 13.2. The molecule has 1 aliphatic heterocycles. The van der Waals surface area contributed by atoms with E-state index in [1.807, 2.05) is 6.07 Å². The molecule has 1 aromatic carbocycles. The average molecular weight is 282 g/mol. The Morgan fingerprint density at radius 1 is 1.37 bits per heavy atom. The molecule has 0 atom stereocenters. The molecule has 0 aliphatic carbocycles. The molecule has 0 unspecified atom stereocenters. The first kappa shape index (κ1) is 13.9. The highest BCUT2D eigenvalue weighted by Gasteiger charge is 2.23. The molecule has 0 aromatic heterocycles. The van der Waals surface area contributed by atoms with Crippen LogP contribution in [0.5, 0.6) is 0 Å². The second-order valence-electron chi connectivity index (χ2n) is 4.96. The standard InChI is InChI=1S/C13H18N2O3S/c1-9(2)19(17,18)14-12-5-4-11-6-7-15(10(3)16)13(11)8-12/h4-5,8-9,14H,6-7H2,1-3H3. The molecule has 2 rings (SSSR count). The van der Waals surface area contributed by atoms with Crippen LogP contribution in [0.4, 0.5) is 11.4 Å². The molecule has 0 bridgehead atoms. The summed E-state index contributed by atoms with van der Waals surface area (Å²) in [6, 6.07) is 5.34. The van der Waals surface area contributed by atoms with Gasteiger partial charge in [-0.1, -0.05) is 6.07 Å². The van der Waals surface area contributed by atoms with Gasteiger partial charge in [0.05, 0.1) is 10.9 Å². The molecule has 0 spiro atoms. The van der Waals surface area contributed by atoms with Crippen LogP contribution in [-0.2, 0) is 21.2 Å². The summed E-state index contributed by atoms with van der Waals surface area (Å²) in [7, 11) is -3.36. The van der Waals surface area contributed by atoms with Gasteiger partial charge in [0, 0.05) is 19.2 Å². The van der Waals surface area contributed by atoms with E-state index in [4.69, 9.17) is 0 Å². The molecule has 0 saturated carbocycles. The molecule has 1 N–H and O–H groups in total. The topological polar surface area (TPSA) is 66.5 Å². The highest BCUT2D eigenvalue weighted by Crippen LogP contribution is 2.31. The maximum absolute atomic E-state index is 11.8. The molecule has 0 saturated heterocycles. The molecule has 1 amide bonds. The van der Waals surface area contributed by atoms with Crippen molar-refractivity contribution in [2.75, 3.05) is 16.2 Å². The average Bonchev–Trinajstić information content (AvgIpc) is 2.71. The van der Waals surface area contributed by atoms with Crippen molar-refractivity contribution >= 4 is 27.3 Å². The summed E-state index contributed by atoms with van der Waals surface area (Å²) in [5.74, 6) is -0.0254. The number of fused-ring (bicyclic) bond motifs is 1. The third-order valence-electron chi connectivity index (χ3n) is 3.24. The predicted octanol–water partition coefficient (Wildman–Crippen LogP) is 1.75. The van der Waals surface area contributed by atoms with Crippen LogP contribution in [0.25, 0.3) is 0 Å². The Bertz CT molecular complexity index is 608. The maximum atomic E-state index is 11.8. The minimum Gasteiger partial charge on any atom is -0.312 e. The first-order valence-electron chi connectivity index (χ1n) is 6.24. The van der Waals surface area contributed by atoms with E-state index in [-0.39, 0.29) is 5.91 Å². The number of carbonyl (C=O) groups excluding carboxylic acids is 1. The number of nitrogens with zero attached hydrogens (tertiary/aromatic N) is 1. The number of hydrogen-bond donors (Lipinski definition) is 1. The fourth-order valence-electron chi connectivity index (χ4n) is 2.05. The summed E-state index contributed by atoms with van der Waals surface area (Å²) >= 11 is 0. The van der Waals surface area contributed by atoms with Gasteiger partial charge in [0.25, 0.3) is 0 Å². The van der Waals surface area contributed by atoms with E-state index in [1.54, 1.807) is 30.9 Å². The molecular weight excluding hydrogens is 264 g/mol. The van der Waals surface area contributed by atoms with E-state index in [9.17, 15) is 13.2 Å². The van der Waals surface area contributed by atoms with Gasteiger partial charge in [-0.25, -0.2) is 8.42 Å². The van der Waals surface area contributed by atoms with Crippen molar-refractivity contribution < 1.29 is 13.2 Å². The number of benzene rings is 1. The van der Waals surface area contributed by atoms with Gasteiger partial charge in [-0.15, -0.1) is 0 Å². The van der Waals surface area contributed by atoms with Crippen molar-refractivity contribution in [2.24, 2.45) is 0 Å². The highest BCUT2D eigenvalue weighted by molar-refractivity contribution is 7.93. The van der Waals surface area contributed by atoms with Gasteiger partial charge in [0.2, 0.25) is 15.9 Å². The smallest absolute Gasteiger partial charge is 0.235 e. The fourth-order valence-corrected chi connectivity index (χ4v) is 2.74. The molecule has 1 aromatic rings. The molecule has 6 heteroatoms. The van der Waals surface area contributed by atoms with Crippen molar-refractivity contribution in [1.29, 1.82) is 0 Å². The van der Waals surface area contributed by atoms with Crippen LogP contribution < -0.4 is 9.62 Å². The SMILES string of the molecule is CC(=O)N1CCc2ccc(NS(=O)(=O)C(C)C)cc21. The minimum atomic E-state index is -3.36. The summed E-state index contributed by atoms with van der Waals surface area (Å²) in [6.45, 7) is 5.42. The molecule has 0 fully saturated rings. The van der Waals surface area contributed by atoms with E-state index >= 15 is 0 Å². The lowest BCUT2D eigenvalue weighted by Crippen LogP contribution is -2.26. The van der Waals surface area contributed by atoms with E-state index in [1.165, 1.54) is 6.92 Å². The Labute approximate surface area is 113 Å². The van der Waals surface area contributed by atoms with Crippen molar-refractivity contribution in [2.45, 2.75) is 32.4 Å². The van der Waals surface area contributed by atoms with Gasteiger partial charge in [-0.2, -0.15) is 0 Å². The normalized spacial score (nSPS) is 14.6. The van der Waals surface area contributed by atoms with Crippen molar-refractivity contribution in [3.63, 3.8) is 0 Å². The molecule has 19 heavy (non-hydrogen) atoms. The Balaban J connectivity index is 2.32. The second-order valence-corrected chi connectivity index (χ2v) is 7.20. The number of hydrogen-bond acceptors (Lipinski definition) is 3. The lowest BCUT2D eigenvalue weighted by molar-refractivity contribution is -0.116. The van der Waals surface area contributed by atoms with Gasteiger partial charge in [0.1, 0.15) is 0 Å². The van der Waals surface area contributed by atoms with E-state index in [2.05, 4.69) is 4.72 Å². The molecular formula is C13H18N2O3S. The fraction of sp³-hybridized carbons (Fsp3) is 0.462. The summed E-state index contributed by atoms with van der Waals surface area (Å²) < 4.78 is 26.2. The van der Waals surface area contributed by atoms with Crippen molar-refractivity contribution in [3.8, 4) is 0 Å². The number of anilines is 2. The van der Waals surface area contributed by atoms with Crippen LogP contribution >= 0.6 is 0 Å². The lowest BCUT2D eigenvalue weighted by atomic mass is 10.1. The Hall–Kier alpha value is -1.56. The quantitative estimate of drug-likeness (QED) is 0.918. The Morgan fingerprint density at radius 2 is 2.05 bits per heavy atom. The number of sulfonamides is 1. The van der Waals surface area contributed by atoms with Crippen LogP contribution in [-0.4, -0.2) is 26.1 Å². The molecule has 5 nitrogen and oxygen atoms in total. The van der Waals surface area contributed by atoms with Gasteiger partial charge < -0.3 is 4.90 Å². The van der Waals surface area contributed by atoms with Crippen molar-refractivity contribution in [3.05, 3.63) is 23.8 Å². The molecule has 1 aliphatic rings. The number of rotatable bonds is 3. The predicted molar refractivity (Wildman–Crippen MR) is 75.9 cm³/mol. The Kier molecular flexibility index (Phi) is 3.54. The third-order valence-corrected chi connectivity index (χ3v) is 5.00. The van der Waals surface area contributed by atoms with E-state index < -0.39 is 15.3 Å². The van der Waals surface area contributed by atoms with Crippen LogP contribution in [0, 0.1) is 0 Å². The van der Waals surface area contributed by atoms with Gasteiger partial charge in [-0.05, 0) is 38.0 Å².